The molecule has 2 aliphatic heterocycles. The number of fused-ring (bicyclic) bond motifs is 2. The van der Waals surface area contributed by atoms with Crippen LogP contribution in [0.4, 0.5) is 5.69 Å². The average Bonchev–Trinajstić information content (AvgIpc) is 3.37. The van der Waals surface area contributed by atoms with E-state index in [0.717, 1.165) is 63.9 Å². The first-order valence-corrected chi connectivity index (χ1v) is 14.5. The molecule has 3 N–H and O–H groups in total. The standard InChI is InChI=1S/C27H35N3O4S/c1-2-35(33,34)19-9-10-25-22(16-19)23(27(32)29-25)17-26-21(20-6-3-4-8-24(20)28-26)7-5-13-30-14-11-18(31)12-15-30/h9-10,16-18,28,31H,2-8,11-15H2,1H3,(H,29,32). The lowest BCUT2D eigenvalue weighted by Crippen LogP contribution is -2.36. The molecule has 2 aromatic rings. The number of nitrogens with one attached hydrogen (secondary N) is 2. The first-order chi connectivity index (χ1) is 16.9. The van der Waals surface area contributed by atoms with Crippen LogP contribution in [0.3, 0.4) is 0 Å². The number of nitrogens with zero attached hydrogens (tertiary/aromatic N) is 1. The van der Waals surface area contributed by atoms with Crippen LogP contribution in [0.5, 0.6) is 0 Å². The van der Waals surface area contributed by atoms with Gasteiger partial charge in [-0.2, -0.15) is 0 Å². The Hall–Kier alpha value is -2.42. The van der Waals surface area contributed by atoms with Crippen molar-refractivity contribution in [2.75, 3.05) is 30.7 Å². The van der Waals surface area contributed by atoms with Gasteiger partial charge in [-0.15, -0.1) is 0 Å². The molecule has 1 aromatic heterocycles. The molecular formula is C27H35N3O4S. The fourth-order valence-corrected chi connectivity index (χ4v) is 6.53. The summed E-state index contributed by atoms with van der Waals surface area (Å²) in [4.78, 5) is 19.2. The Bertz CT molecular complexity index is 1250. The Kier molecular flexibility index (Phi) is 6.88. The second-order valence-electron chi connectivity index (χ2n) is 9.98. The molecule has 3 heterocycles. The highest BCUT2D eigenvalue weighted by atomic mass is 32.2. The normalized spacial score (nSPS) is 20.2. The largest absolute Gasteiger partial charge is 0.393 e. The van der Waals surface area contributed by atoms with E-state index >= 15 is 0 Å². The predicted octanol–water partition coefficient (Wildman–Crippen LogP) is 3.57. The van der Waals surface area contributed by atoms with Crippen molar-refractivity contribution in [2.24, 2.45) is 0 Å². The van der Waals surface area contributed by atoms with Crippen LogP contribution in [0.2, 0.25) is 0 Å². The Balaban J connectivity index is 1.44. The maximum absolute atomic E-state index is 12.9. The number of benzene rings is 1. The lowest BCUT2D eigenvalue weighted by molar-refractivity contribution is -0.110. The van der Waals surface area contributed by atoms with Gasteiger partial charge in [-0.1, -0.05) is 6.92 Å². The second kappa shape index (κ2) is 9.91. The Morgan fingerprint density at radius 1 is 1.17 bits per heavy atom. The number of aromatic nitrogens is 1. The van der Waals surface area contributed by atoms with Gasteiger partial charge in [0.15, 0.2) is 9.84 Å². The van der Waals surface area contributed by atoms with E-state index in [0.29, 0.717) is 16.8 Å². The first-order valence-electron chi connectivity index (χ1n) is 12.9. The van der Waals surface area contributed by atoms with E-state index in [1.807, 2.05) is 6.08 Å². The minimum absolute atomic E-state index is 0.0235. The molecule has 7 nitrogen and oxygen atoms in total. The van der Waals surface area contributed by atoms with Crippen LogP contribution < -0.4 is 5.32 Å². The molecule has 1 saturated heterocycles. The lowest BCUT2D eigenvalue weighted by atomic mass is 9.92. The number of aryl methyl sites for hydroxylation is 1. The van der Waals surface area contributed by atoms with Crippen LogP contribution in [-0.4, -0.2) is 60.8 Å². The van der Waals surface area contributed by atoms with Gasteiger partial charge in [0.25, 0.3) is 5.91 Å². The van der Waals surface area contributed by atoms with Crippen molar-refractivity contribution >= 4 is 33.1 Å². The van der Waals surface area contributed by atoms with Crippen molar-refractivity contribution in [3.05, 3.63) is 46.3 Å². The minimum Gasteiger partial charge on any atom is -0.393 e. The zero-order chi connectivity index (χ0) is 24.6. The van der Waals surface area contributed by atoms with Gasteiger partial charge in [0.1, 0.15) is 0 Å². The smallest absolute Gasteiger partial charge is 0.256 e. The van der Waals surface area contributed by atoms with Gasteiger partial charge >= 0.3 is 0 Å². The zero-order valence-electron chi connectivity index (χ0n) is 20.4. The third-order valence-corrected chi connectivity index (χ3v) is 9.44. The molecule has 5 rings (SSSR count). The number of anilines is 1. The number of carbonyl (C=O) groups is 1. The Morgan fingerprint density at radius 3 is 2.71 bits per heavy atom. The van der Waals surface area contributed by atoms with Crippen LogP contribution in [0.1, 0.15) is 67.1 Å². The highest BCUT2D eigenvalue weighted by Gasteiger charge is 2.28. The number of H-pyrrole nitrogens is 1. The molecule has 188 valence electrons. The lowest BCUT2D eigenvalue weighted by Gasteiger charge is -2.29. The molecular weight excluding hydrogens is 462 g/mol. The molecule has 0 spiro atoms. The molecule has 0 atom stereocenters. The molecule has 1 aliphatic carbocycles. The molecule has 8 heteroatoms. The van der Waals surface area contributed by atoms with Gasteiger partial charge in [0, 0.05) is 35.7 Å². The van der Waals surface area contributed by atoms with Gasteiger partial charge in [-0.3, -0.25) is 4.79 Å². The van der Waals surface area contributed by atoms with Crippen molar-refractivity contribution in [2.45, 2.75) is 69.3 Å². The van der Waals surface area contributed by atoms with Crippen molar-refractivity contribution in [1.82, 2.24) is 9.88 Å². The Labute approximate surface area is 207 Å². The number of rotatable bonds is 7. The summed E-state index contributed by atoms with van der Waals surface area (Å²) in [5, 5.41) is 12.7. The molecule has 1 amide bonds. The average molecular weight is 498 g/mol. The molecule has 0 bridgehead atoms. The number of hydrogen-bond acceptors (Lipinski definition) is 5. The number of piperidine rings is 1. The van der Waals surface area contributed by atoms with Gasteiger partial charge in [0.2, 0.25) is 0 Å². The van der Waals surface area contributed by atoms with Crippen molar-refractivity contribution < 1.29 is 18.3 Å². The summed E-state index contributed by atoms with van der Waals surface area (Å²) in [7, 11) is -3.36. The number of aliphatic hydroxyl groups excluding tert-OH is 1. The summed E-state index contributed by atoms with van der Waals surface area (Å²) in [5.74, 6) is -0.174. The predicted molar refractivity (Wildman–Crippen MR) is 138 cm³/mol. The highest BCUT2D eigenvalue weighted by Crippen LogP contribution is 2.37. The van der Waals surface area contributed by atoms with Crippen LogP contribution in [0.25, 0.3) is 11.6 Å². The van der Waals surface area contributed by atoms with Crippen molar-refractivity contribution in [3.63, 3.8) is 0 Å². The maximum Gasteiger partial charge on any atom is 0.256 e. The summed E-state index contributed by atoms with van der Waals surface area (Å²) < 4.78 is 24.9. The third kappa shape index (κ3) is 4.97. The van der Waals surface area contributed by atoms with E-state index in [1.54, 1.807) is 25.1 Å². The highest BCUT2D eigenvalue weighted by molar-refractivity contribution is 7.91. The minimum atomic E-state index is -3.36. The van der Waals surface area contributed by atoms with E-state index in [9.17, 15) is 18.3 Å². The van der Waals surface area contributed by atoms with Crippen molar-refractivity contribution in [1.29, 1.82) is 0 Å². The molecule has 0 saturated carbocycles. The molecule has 1 fully saturated rings. The molecule has 0 radical (unpaired) electrons. The number of aliphatic hydroxyl groups is 1. The summed E-state index contributed by atoms with van der Waals surface area (Å²) >= 11 is 0. The topological polar surface area (TPSA) is 102 Å². The van der Waals surface area contributed by atoms with E-state index in [-0.39, 0.29) is 22.7 Å². The van der Waals surface area contributed by atoms with E-state index < -0.39 is 9.84 Å². The molecule has 1 aromatic carbocycles. The number of carbonyl (C=O) groups excluding carboxylic acids is 1. The van der Waals surface area contributed by atoms with Gasteiger partial charge < -0.3 is 20.3 Å². The number of amides is 1. The number of aromatic amines is 1. The summed E-state index contributed by atoms with van der Waals surface area (Å²) in [6.07, 6.45) is 9.85. The third-order valence-electron chi connectivity index (χ3n) is 7.70. The second-order valence-corrected chi connectivity index (χ2v) is 12.3. The molecule has 0 unspecified atom stereocenters. The summed E-state index contributed by atoms with van der Waals surface area (Å²) in [5.41, 5.74) is 6.77. The fourth-order valence-electron chi connectivity index (χ4n) is 5.62. The van der Waals surface area contributed by atoms with E-state index in [2.05, 4.69) is 15.2 Å². The van der Waals surface area contributed by atoms with E-state index in [4.69, 9.17) is 0 Å². The number of sulfone groups is 1. The molecule has 35 heavy (non-hydrogen) atoms. The fraction of sp³-hybridized carbons (Fsp3) is 0.519. The van der Waals surface area contributed by atoms with Gasteiger partial charge in [-0.25, -0.2) is 8.42 Å². The monoisotopic (exact) mass is 497 g/mol. The van der Waals surface area contributed by atoms with Gasteiger partial charge in [0.05, 0.1) is 22.3 Å². The first kappa shape index (κ1) is 24.3. The number of likely N-dealkylation sites (tertiary alicyclic amines) is 1. The molecule has 3 aliphatic rings. The maximum atomic E-state index is 12.9. The quantitative estimate of drug-likeness (QED) is 0.508. The van der Waals surface area contributed by atoms with E-state index in [1.165, 1.54) is 29.7 Å². The van der Waals surface area contributed by atoms with Crippen LogP contribution >= 0.6 is 0 Å². The van der Waals surface area contributed by atoms with Crippen LogP contribution in [0, 0.1) is 0 Å². The van der Waals surface area contributed by atoms with Crippen molar-refractivity contribution in [3.8, 4) is 0 Å². The number of hydrogen-bond donors (Lipinski definition) is 3. The van der Waals surface area contributed by atoms with Crippen LogP contribution in [-0.2, 0) is 33.9 Å². The summed E-state index contributed by atoms with van der Waals surface area (Å²) in [6, 6.07) is 4.89. The zero-order valence-corrected chi connectivity index (χ0v) is 21.2. The van der Waals surface area contributed by atoms with Gasteiger partial charge in [-0.05, 0) is 93.3 Å². The Morgan fingerprint density at radius 2 is 1.94 bits per heavy atom. The SMILES string of the molecule is CCS(=O)(=O)c1ccc2c(c1)C(=Cc1[nH]c3c(c1CCCN1CCC(O)CC1)CCCC3)C(=O)N2. The summed E-state index contributed by atoms with van der Waals surface area (Å²) in [6.45, 7) is 4.53. The van der Waals surface area contributed by atoms with Crippen LogP contribution in [0.15, 0.2) is 23.1 Å².